The van der Waals surface area contributed by atoms with Crippen LogP contribution in [0.4, 0.5) is 14.5 Å². The molecule has 0 aliphatic heterocycles. The molecule has 0 radical (unpaired) electrons. The second kappa shape index (κ2) is 6.02. The lowest BCUT2D eigenvalue weighted by Gasteiger charge is -2.08. The van der Waals surface area contributed by atoms with Crippen LogP contribution in [0.1, 0.15) is 6.42 Å². The zero-order valence-corrected chi connectivity index (χ0v) is 12.2. The van der Waals surface area contributed by atoms with Gasteiger partial charge in [0.05, 0.1) is 11.4 Å². The highest BCUT2D eigenvalue weighted by Crippen LogP contribution is 2.20. The van der Waals surface area contributed by atoms with Gasteiger partial charge in [0.25, 0.3) is 0 Å². The molecule has 1 aromatic carbocycles. The quantitative estimate of drug-likeness (QED) is 0.575. The minimum atomic E-state index is -4.21. The van der Waals surface area contributed by atoms with Gasteiger partial charge in [-0.2, -0.15) is 0 Å². The number of sulfone groups is 1. The van der Waals surface area contributed by atoms with E-state index in [1.165, 1.54) is 0 Å². The van der Waals surface area contributed by atoms with Gasteiger partial charge in [-0.3, -0.25) is 0 Å². The van der Waals surface area contributed by atoms with Crippen LogP contribution in [-0.2, 0) is 19.9 Å². The van der Waals surface area contributed by atoms with Crippen molar-refractivity contribution in [3.8, 4) is 0 Å². The Morgan fingerprint density at radius 3 is 2.30 bits per heavy atom. The molecule has 0 unspecified atom stereocenters. The number of rotatable bonds is 6. The van der Waals surface area contributed by atoms with Gasteiger partial charge >= 0.3 is 0 Å². The molecule has 0 fully saturated rings. The summed E-state index contributed by atoms with van der Waals surface area (Å²) in [5.74, 6) is -2.53. The third-order valence-corrected chi connectivity index (χ3v) is 4.83. The summed E-state index contributed by atoms with van der Waals surface area (Å²) in [5.41, 5.74) is 4.69. The second-order valence-corrected chi connectivity index (χ2v) is 8.18. The van der Waals surface area contributed by atoms with E-state index in [0.29, 0.717) is 12.1 Å². The molecule has 1 rings (SSSR count). The normalized spacial score (nSPS) is 12.6. The predicted molar refractivity (Wildman–Crippen MR) is 70.3 cm³/mol. The maximum atomic E-state index is 13.4. The van der Waals surface area contributed by atoms with E-state index < -0.39 is 42.1 Å². The molecule has 114 valence electrons. The lowest BCUT2D eigenvalue weighted by Crippen LogP contribution is -2.27. The van der Waals surface area contributed by atoms with E-state index in [1.807, 2.05) is 4.72 Å². The highest BCUT2D eigenvalue weighted by Gasteiger charge is 2.20. The van der Waals surface area contributed by atoms with Crippen molar-refractivity contribution in [2.24, 2.45) is 0 Å². The predicted octanol–water partition coefficient (Wildman–Crippen LogP) is 0.260. The number of benzene rings is 1. The number of nitrogens with two attached hydrogens (primary N) is 1. The smallest absolute Gasteiger partial charge is 0.243 e. The first-order chi connectivity index (χ1) is 9.03. The Balaban J connectivity index is 2.82. The van der Waals surface area contributed by atoms with Crippen LogP contribution >= 0.6 is 0 Å². The van der Waals surface area contributed by atoms with Crippen molar-refractivity contribution in [1.29, 1.82) is 0 Å². The van der Waals surface area contributed by atoms with Gasteiger partial charge in [0.1, 0.15) is 26.4 Å². The molecule has 20 heavy (non-hydrogen) atoms. The minimum Gasteiger partial charge on any atom is -0.396 e. The van der Waals surface area contributed by atoms with E-state index >= 15 is 0 Å². The average Bonchev–Trinajstić information content (AvgIpc) is 2.28. The molecule has 1 aromatic rings. The molecule has 0 saturated heterocycles. The van der Waals surface area contributed by atoms with Crippen LogP contribution in [0.2, 0.25) is 0 Å². The summed E-state index contributed by atoms with van der Waals surface area (Å²) in [6, 6.07) is 1.05. The fraction of sp³-hybridized carbons (Fsp3) is 0.400. The Kier molecular flexibility index (Phi) is 5.05. The van der Waals surface area contributed by atoms with Gasteiger partial charge in [0.15, 0.2) is 0 Å². The first kappa shape index (κ1) is 16.8. The Bertz CT molecular complexity index is 702. The van der Waals surface area contributed by atoms with Crippen molar-refractivity contribution in [3.63, 3.8) is 0 Å². The van der Waals surface area contributed by atoms with E-state index in [2.05, 4.69) is 0 Å². The highest BCUT2D eigenvalue weighted by atomic mass is 32.2. The van der Waals surface area contributed by atoms with Gasteiger partial charge < -0.3 is 5.73 Å². The fourth-order valence-electron chi connectivity index (χ4n) is 1.37. The summed E-state index contributed by atoms with van der Waals surface area (Å²) in [7, 11) is -7.42. The van der Waals surface area contributed by atoms with E-state index in [1.54, 1.807) is 0 Å². The summed E-state index contributed by atoms with van der Waals surface area (Å²) >= 11 is 0. The van der Waals surface area contributed by atoms with E-state index in [-0.39, 0.29) is 18.7 Å². The van der Waals surface area contributed by atoms with Crippen LogP contribution in [0.3, 0.4) is 0 Å². The molecule has 0 bridgehead atoms. The highest BCUT2D eigenvalue weighted by molar-refractivity contribution is 7.90. The van der Waals surface area contributed by atoms with Crippen molar-refractivity contribution >= 4 is 25.5 Å². The lowest BCUT2D eigenvalue weighted by atomic mass is 10.3. The van der Waals surface area contributed by atoms with E-state index in [4.69, 9.17) is 5.73 Å². The van der Waals surface area contributed by atoms with Gasteiger partial charge in [-0.25, -0.2) is 30.3 Å². The monoisotopic (exact) mass is 328 g/mol. The molecule has 0 spiro atoms. The molecule has 0 aliphatic rings. The molecule has 0 saturated carbocycles. The summed E-state index contributed by atoms with van der Waals surface area (Å²) in [5, 5.41) is 0. The number of sulfonamides is 1. The first-order valence-corrected chi connectivity index (χ1v) is 8.99. The molecule has 0 heterocycles. The summed E-state index contributed by atoms with van der Waals surface area (Å²) in [6.07, 6.45) is 1.05. The van der Waals surface area contributed by atoms with Gasteiger partial charge in [-0.15, -0.1) is 0 Å². The summed E-state index contributed by atoms with van der Waals surface area (Å²) in [6.45, 7) is -0.188. The number of hydrogen-bond acceptors (Lipinski definition) is 5. The van der Waals surface area contributed by atoms with Crippen LogP contribution in [0.15, 0.2) is 17.0 Å². The van der Waals surface area contributed by atoms with Crippen molar-refractivity contribution in [1.82, 2.24) is 4.72 Å². The third-order valence-electron chi connectivity index (χ3n) is 2.32. The SMILES string of the molecule is CS(=O)(=O)CCCNS(=O)(=O)c1cc(N)c(F)cc1F. The number of halogens is 2. The largest absolute Gasteiger partial charge is 0.396 e. The Morgan fingerprint density at radius 1 is 1.15 bits per heavy atom. The van der Waals surface area contributed by atoms with Crippen molar-refractivity contribution in [3.05, 3.63) is 23.8 Å². The Morgan fingerprint density at radius 2 is 1.75 bits per heavy atom. The zero-order chi connectivity index (χ0) is 15.6. The molecule has 10 heteroatoms. The maximum Gasteiger partial charge on any atom is 0.243 e. The van der Waals surface area contributed by atoms with E-state index in [9.17, 15) is 25.6 Å². The van der Waals surface area contributed by atoms with Crippen LogP contribution in [0.5, 0.6) is 0 Å². The van der Waals surface area contributed by atoms with Gasteiger partial charge in [-0.1, -0.05) is 0 Å². The van der Waals surface area contributed by atoms with Crippen LogP contribution in [0.25, 0.3) is 0 Å². The van der Waals surface area contributed by atoms with Gasteiger partial charge in [-0.05, 0) is 12.5 Å². The molecular formula is C10H14F2N2O4S2. The van der Waals surface area contributed by atoms with Crippen LogP contribution in [0, 0.1) is 11.6 Å². The van der Waals surface area contributed by atoms with E-state index in [0.717, 1.165) is 6.26 Å². The molecule has 0 aliphatic carbocycles. The average molecular weight is 328 g/mol. The van der Waals surface area contributed by atoms with Gasteiger partial charge in [0.2, 0.25) is 10.0 Å². The summed E-state index contributed by atoms with van der Waals surface area (Å²) in [4.78, 5) is -0.782. The zero-order valence-electron chi connectivity index (χ0n) is 10.6. The molecule has 0 aromatic heterocycles. The molecular weight excluding hydrogens is 314 g/mol. The Labute approximate surface area is 115 Å². The molecule has 0 amide bonds. The van der Waals surface area contributed by atoms with Crippen LogP contribution in [-0.4, -0.2) is 35.4 Å². The van der Waals surface area contributed by atoms with Gasteiger partial charge in [0, 0.05) is 18.9 Å². The third kappa shape index (κ3) is 4.69. The first-order valence-electron chi connectivity index (χ1n) is 5.45. The summed E-state index contributed by atoms with van der Waals surface area (Å²) < 4.78 is 73.6. The van der Waals surface area contributed by atoms with Crippen molar-refractivity contribution in [2.45, 2.75) is 11.3 Å². The molecule has 0 atom stereocenters. The van der Waals surface area contributed by atoms with Crippen molar-refractivity contribution < 1.29 is 25.6 Å². The fourth-order valence-corrected chi connectivity index (χ4v) is 3.20. The molecule has 6 nitrogen and oxygen atoms in total. The van der Waals surface area contributed by atoms with Crippen molar-refractivity contribution in [2.75, 3.05) is 24.3 Å². The number of nitrogen functional groups attached to an aromatic ring is 1. The number of anilines is 1. The van der Waals surface area contributed by atoms with Crippen LogP contribution < -0.4 is 10.5 Å². The number of hydrogen-bond donors (Lipinski definition) is 2. The number of nitrogens with one attached hydrogen (secondary N) is 1. The topological polar surface area (TPSA) is 106 Å². The second-order valence-electron chi connectivity index (χ2n) is 4.19. The molecule has 3 N–H and O–H groups in total. The lowest BCUT2D eigenvalue weighted by molar-refractivity contribution is 0.544. The standard InChI is InChI=1S/C10H14F2N2O4S2/c1-19(15,16)4-2-3-14-20(17,18)10-6-9(13)7(11)5-8(10)12/h5-6,14H,2-4,13H2,1H3. The minimum absolute atomic E-state index is 0.0381. The maximum absolute atomic E-state index is 13.4. The Hall–Kier alpha value is -1.26.